The summed E-state index contributed by atoms with van der Waals surface area (Å²) < 4.78 is 8.71. The van der Waals surface area contributed by atoms with Crippen LogP contribution in [0, 0.1) is 6.92 Å². The molecular formula is C27H26NO+. The summed E-state index contributed by atoms with van der Waals surface area (Å²) in [5.41, 5.74) is 6.95. The summed E-state index contributed by atoms with van der Waals surface area (Å²) in [6.07, 6.45) is 2.25. The Balaban J connectivity index is 1.95. The standard InChI is InChI=1S/C27H26NO/c1-17-19-10-6-7-11-20(19)25-21-12-8-9-13-23(21)29-26(25)24(17)22-15-14-18(16-28(22)5)27(2,3)4/h6-16H,1-5H3/q+1. The monoisotopic (exact) mass is 380 g/mol. The lowest BCUT2D eigenvalue weighted by Gasteiger charge is -2.18. The molecule has 0 spiro atoms. The lowest BCUT2D eigenvalue weighted by atomic mass is 9.87. The minimum atomic E-state index is 0.114. The highest BCUT2D eigenvalue weighted by Gasteiger charge is 2.25. The van der Waals surface area contributed by atoms with Crippen LogP contribution < -0.4 is 4.57 Å². The summed E-state index contributed by atoms with van der Waals surface area (Å²) in [5, 5.41) is 4.91. The molecule has 2 nitrogen and oxygen atoms in total. The molecule has 0 amide bonds. The molecular weight excluding hydrogens is 354 g/mol. The molecule has 0 saturated heterocycles. The number of para-hydroxylation sites is 1. The molecule has 0 bridgehead atoms. The Kier molecular flexibility index (Phi) is 3.82. The van der Waals surface area contributed by atoms with Gasteiger partial charge in [-0.15, -0.1) is 0 Å². The molecule has 0 radical (unpaired) electrons. The molecule has 0 aliphatic heterocycles. The van der Waals surface area contributed by atoms with Crippen molar-refractivity contribution in [1.82, 2.24) is 0 Å². The van der Waals surface area contributed by atoms with Crippen molar-refractivity contribution >= 4 is 32.7 Å². The number of benzene rings is 3. The third kappa shape index (κ3) is 2.66. The van der Waals surface area contributed by atoms with Gasteiger partial charge in [0, 0.05) is 22.4 Å². The largest absolute Gasteiger partial charge is 0.455 e. The maximum absolute atomic E-state index is 6.47. The molecule has 0 aliphatic rings. The summed E-state index contributed by atoms with van der Waals surface area (Å²) >= 11 is 0. The van der Waals surface area contributed by atoms with Crippen LogP contribution in [0.3, 0.4) is 0 Å². The van der Waals surface area contributed by atoms with E-state index in [1.54, 1.807) is 0 Å². The quantitative estimate of drug-likeness (QED) is 0.291. The van der Waals surface area contributed by atoms with Crippen molar-refractivity contribution in [1.29, 1.82) is 0 Å². The molecule has 5 aromatic rings. The topological polar surface area (TPSA) is 17.0 Å². The second-order valence-electron chi connectivity index (χ2n) is 9.01. The van der Waals surface area contributed by atoms with E-state index in [1.165, 1.54) is 43.9 Å². The fraction of sp³-hybridized carbons (Fsp3) is 0.222. The molecule has 0 N–H and O–H groups in total. The number of hydrogen-bond donors (Lipinski definition) is 0. The van der Waals surface area contributed by atoms with Crippen molar-refractivity contribution in [2.75, 3.05) is 0 Å². The molecule has 2 heteroatoms. The molecule has 0 atom stereocenters. The molecule has 0 aliphatic carbocycles. The third-order valence-electron chi connectivity index (χ3n) is 6.05. The molecule has 144 valence electrons. The van der Waals surface area contributed by atoms with Gasteiger partial charge in [-0.3, -0.25) is 0 Å². The van der Waals surface area contributed by atoms with Crippen LogP contribution in [0.2, 0.25) is 0 Å². The summed E-state index contributed by atoms with van der Waals surface area (Å²) in [6.45, 7) is 8.96. The molecule has 3 aromatic carbocycles. The van der Waals surface area contributed by atoms with Crippen LogP contribution >= 0.6 is 0 Å². The first kappa shape index (κ1) is 17.9. The molecule has 0 unspecified atom stereocenters. The fourth-order valence-electron chi connectivity index (χ4n) is 4.44. The van der Waals surface area contributed by atoms with Gasteiger partial charge in [-0.25, -0.2) is 4.57 Å². The molecule has 5 rings (SSSR count). The van der Waals surface area contributed by atoms with Gasteiger partial charge in [0.1, 0.15) is 18.2 Å². The predicted octanol–water partition coefficient (Wildman–Crippen LogP) is 6.84. The molecule has 2 aromatic heterocycles. The predicted molar refractivity (Wildman–Crippen MR) is 121 cm³/mol. The maximum Gasteiger partial charge on any atom is 0.216 e. The number of hydrogen-bond acceptors (Lipinski definition) is 1. The highest BCUT2D eigenvalue weighted by Crippen LogP contribution is 2.42. The highest BCUT2D eigenvalue weighted by molar-refractivity contribution is 6.23. The van der Waals surface area contributed by atoms with Crippen molar-refractivity contribution < 1.29 is 8.98 Å². The lowest BCUT2D eigenvalue weighted by molar-refractivity contribution is -0.661. The van der Waals surface area contributed by atoms with E-state index in [-0.39, 0.29) is 5.41 Å². The van der Waals surface area contributed by atoms with Gasteiger partial charge >= 0.3 is 0 Å². The molecule has 0 saturated carbocycles. The van der Waals surface area contributed by atoms with E-state index in [2.05, 4.69) is 100 Å². The number of aryl methyl sites for hydroxylation is 2. The van der Waals surface area contributed by atoms with Crippen LogP contribution in [0.1, 0.15) is 31.9 Å². The van der Waals surface area contributed by atoms with Crippen molar-refractivity contribution in [2.24, 2.45) is 7.05 Å². The van der Waals surface area contributed by atoms with Crippen LogP contribution in [-0.4, -0.2) is 0 Å². The van der Waals surface area contributed by atoms with E-state index < -0.39 is 0 Å². The zero-order valence-electron chi connectivity index (χ0n) is 17.7. The minimum Gasteiger partial charge on any atom is -0.455 e. The number of furan rings is 1. The first-order valence-corrected chi connectivity index (χ1v) is 10.2. The van der Waals surface area contributed by atoms with Gasteiger partial charge in [0.05, 0.1) is 5.56 Å². The van der Waals surface area contributed by atoms with E-state index in [9.17, 15) is 0 Å². The van der Waals surface area contributed by atoms with Crippen LogP contribution in [-0.2, 0) is 12.5 Å². The van der Waals surface area contributed by atoms with Gasteiger partial charge in [-0.05, 0) is 40.8 Å². The van der Waals surface area contributed by atoms with E-state index in [1.807, 2.05) is 6.07 Å². The van der Waals surface area contributed by atoms with Gasteiger partial charge in [0.2, 0.25) is 5.69 Å². The van der Waals surface area contributed by atoms with Crippen LogP contribution in [0.25, 0.3) is 44.0 Å². The van der Waals surface area contributed by atoms with E-state index >= 15 is 0 Å². The number of rotatable bonds is 1. The number of aromatic nitrogens is 1. The van der Waals surface area contributed by atoms with Crippen molar-refractivity contribution in [3.05, 3.63) is 78.0 Å². The van der Waals surface area contributed by atoms with Crippen LogP contribution in [0.4, 0.5) is 0 Å². The van der Waals surface area contributed by atoms with E-state index in [0.717, 1.165) is 11.2 Å². The lowest BCUT2D eigenvalue weighted by Crippen LogP contribution is -2.33. The van der Waals surface area contributed by atoms with Gasteiger partial charge in [0.15, 0.2) is 6.20 Å². The molecule has 2 heterocycles. The third-order valence-corrected chi connectivity index (χ3v) is 6.05. The Hall–Kier alpha value is -3.13. The average molecular weight is 381 g/mol. The van der Waals surface area contributed by atoms with Crippen LogP contribution in [0.5, 0.6) is 0 Å². The van der Waals surface area contributed by atoms with Crippen molar-refractivity contribution in [3.8, 4) is 11.3 Å². The minimum absolute atomic E-state index is 0.114. The Morgan fingerprint density at radius 2 is 1.45 bits per heavy atom. The number of pyridine rings is 1. The molecule has 29 heavy (non-hydrogen) atoms. The van der Waals surface area contributed by atoms with E-state index in [0.29, 0.717) is 0 Å². The second-order valence-corrected chi connectivity index (χ2v) is 9.01. The van der Waals surface area contributed by atoms with Gasteiger partial charge in [-0.2, -0.15) is 0 Å². The van der Waals surface area contributed by atoms with Gasteiger partial charge in [0.25, 0.3) is 0 Å². The average Bonchev–Trinajstić information content (AvgIpc) is 3.07. The summed E-state index contributed by atoms with van der Waals surface area (Å²) in [6, 6.07) is 21.5. The first-order chi connectivity index (χ1) is 13.9. The first-order valence-electron chi connectivity index (χ1n) is 10.2. The smallest absolute Gasteiger partial charge is 0.216 e. The molecule has 0 fully saturated rings. The second kappa shape index (κ2) is 6.18. The van der Waals surface area contributed by atoms with E-state index in [4.69, 9.17) is 4.42 Å². The summed E-state index contributed by atoms with van der Waals surface area (Å²) in [4.78, 5) is 0. The Labute approximate surface area is 171 Å². The van der Waals surface area contributed by atoms with Gasteiger partial charge < -0.3 is 4.42 Å². The zero-order valence-corrected chi connectivity index (χ0v) is 17.7. The Bertz CT molecular complexity index is 1400. The zero-order chi connectivity index (χ0) is 20.3. The number of fused-ring (bicyclic) bond motifs is 5. The van der Waals surface area contributed by atoms with Crippen molar-refractivity contribution in [3.63, 3.8) is 0 Å². The van der Waals surface area contributed by atoms with Crippen molar-refractivity contribution in [2.45, 2.75) is 33.1 Å². The fourth-order valence-corrected chi connectivity index (χ4v) is 4.44. The highest BCUT2D eigenvalue weighted by atomic mass is 16.3. The Morgan fingerprint density at radius 3 is 2.14 bits per heavy atom. The summed E-state index contributed by atoms with van der Waals surface area (Å²) in [5.74, 6) is 0. The Morgan fingerprint density at radius 1 is 0.793 bits per heavy atom. The summed E-state index contributed by atoms with van der Waals surface area (Å²) in [7, 11) is 2.13. The van der Waals surface area contributed by atoms with Crippen LogP contribution in [0.15, 0.2) is 71.3 Å². The van der Waals surface area contributed by atoms with Gasteiger partial charge in [-0.1, -0.05) is 63.2 Å². The normalized spacial score (nSPS) is 12.3. The maximum atomic E-state index is 6.47. The number of nitrogens with zero attached hydrogens (tertiary/aromatic N) is 1. The SMILES string of the molecule is Cc1c(-c2ccc(C(C)(C)C)c[n+]2C)c2oc3ccccc3c2c2ccccc12.